The predicted octanol–water partition coefficient (Wildman–Crippen LogP) is 3.89. The largest absolute Gasteiger partial charge is 0.396 e. The van der Waals surface area contributed by atoms with Gasteiger partial charge in [0.05, 0.1) is 23.5 Å². The van der Waals surface area contributed by atoms with Gasteiger partial charge >= 0.3 is 0 Å². The van der Waals surface area contributed by atoms with Crippen molar-refractivity contribution in [3.8, 4) is 27.9 Å². The first-order chi connectivity index (χ1) is 15.2. The lowest BCUT2D eigenvalue weighted by Gasteiger charge is -2.05. The van der Waals surface area contributed by atoms with E-state index in [1.165, 1.54) is 11.3 Å². The third-order valence-electron chi connectivity index (χ3n) is 4.91. The molecule has 7 nitrogen and oxygen atoms in total. The molecular formula is C23H21N5O2S. The van der Waals surface area contributed by atoms with E-state index in [2.05, 4.69) is 16.4 Å². The normalized spacial score (nSPS) is 10.8. The zero-order valence-corrected chi connectivity index (χ0v) is 17.6. The van der Waals surface area contributed by atoms with Gasteiger partial charge < -0.3 is 10.4 Å². The summed E-state index contributed by atoms with van der Waals surface area (Å²) in [6.07, 6.45) is 4.28. The molecule has 31 heavy (non-hydrogen) atoms. The molecule has 0 aliphatic rings. The van der Waals surface area contributed by atoms with Gasteiger partial charge in [-0.05, 0) is 43.5 Å². The van der Waals surface area contributed by atoms with Gasteiger partial charge in [-0.2, -0.15) is 10.4 Å². The fraction of sp³-hybridized carbons (Fsp3) is 0.217. The third-order valence-corrected chi connectivity index (χ3v) is 5.88. The van der Waals surface area contributed by atoms with Gasteiger partial charge in [-0.1, -0.05) is 35.6 Å². The molecule has 0 bridgehead atoms. The number of nitriles is 1. The van der Waals surface area contributed by atoms with Gasteiger partial charge in [0, 0.05) is 29.8 Å². The number of carbonyl (C=O) groups excluding carboxylic acids is 1. The van der Waals surface area contributed by atoms with Crippen LogP contribution in [0.2, 0.25) is 0 Å². The molecule has 0 unspecified atom stereocenters. The van der Waals surface area contributed by atoms with E-state index in [0.717, 1.165) is 46.1 Å². The van der Waals surface area contributed by atoms with Crippen molar-refractivity contribution in [2.24, 2.45) is 0 Å². The van der Waals surface area contributed by atoms with Crippen molar-refractivity contribution in [3.05, 3.63) is 65.9 Å². The molecule has 156 valence electrons. The number of hydrogen-bond acceptors (Lipinski definition) is 6. The molecule has 0 saturated heterocycles. The van der Waals surface area contributed by atoms with Crippen LogP contribution in [0.15, 0.2) is 54.7 Å². The molecule has 8 heteroatoms. The Morgan fingerprint density at radius 3 is 2.52 bits per heavy atom. The molecule has 0 saturated carbocycles. The van der Waals surface area contributed by atoms with Crippen molar-refractivity contribution in [1.82, 2.24) is 19.9 Å². The smallest absolute Gasteiger partial charge is 0.251 e. The average molecular weight is 432 g/mol. The van der Waals surface area contributed by atoms with Crippen LogP contribution >= 0.6 is 11.3 Å². The van der Waals surface area contributed by atoms with E-state index in [1.807, 2.05) is 24.3 Å². The SMILES string of the molecule is N#Cc1ccc(-c2cnc3sc(-c4ccc(C(=O)NCCCCCO)cc4)nn23)cc1. The van der Waals surface area contributed by atoms with E-state index in [-0.39, 0.29) is 12.5 Å². The molecule has 1 amide bonds. The van der Waals surface area contributed by atoms with Gasteiger partial charge in [-0.25, -0.2) is 9.50 Å². The fourth-order valence-corrected chi connectivity index (χ4v) is 4.08. The fourth-order valence-electron chi connectivity index (χ4n) is 3.20. The molecule has 0 fully saturated rings. The van der Waals surface area contributed by atoms with Gasteiger partial charge in [0.25, 0.3) is 5.91 Å². The molecule has 0 spiro atoms. The Bertz CT molecular complexity index is 1220. The summed E-state index contributed by atoms with van der Waals surface area (Å²) < 4.78 is 1.80. The number of carbonyl (C=O) groups is 1. The number of amides is 1. The number of nitrogens with zero attached hydrogens (tertiary/aromatic N) is 4. The van der Waals surface area contributed by atoms with E-state index >= 15 is 0 Å². The highest BCUT2D eigenvalue weighted by Gasteiger charge is 2.13. The molecular weight excluding hydrogens is 410 g/mol. The Labute approximate surface area is 183 Å². The maximum absolute atomic E-state index is 12.3. The number of imidazole rings is 1. The first-order valence-corrected chi connectivity index (χ1v) is 10.9. The van der Waals surface area contributed by atoms with Gasteiger partial charge in [0.2, 0.25) is 4.96 Å². The minimum Gasteiger partial charge on any atom is -0.396 e. The number of fused-ring (bicyclic) bond motifs is 1. The van der Waals surface area contributed by atoms with Crippen molar-refractivity contribution < 1.29 is 9.90 Å². The van der Waals surface area contributed by atoms with Crippen LogP contribution in [0.3, 0.4) is 0 Å². The Morgan fingerprint density at radius 1 is 1.06 bits per heavy atom. The number of rotatable bonds is 8. The molecule has 4 aromatic rings. The van der Waals surface area contributed by atoms with Crippen LogP contribution in [0.1, 0.15) is 35.2 Å². The Morgan fingerprint density at radius 2 is 1.81 bits per heavy atom. The monoisotopic (exact) mass is 431 g/mol. The quantitative estimate of drug-likeness (QED) is 0.412. The number of aromatic nitrogens is 3. The van der Waals surface area contributed by atoms with Crippen molar-refractivity contribution in [1.29, 1.82) is 5.26 Å². The third kappa shape index (κ3) is 4.63. The first-order valence-electron chi connectivity index (χ1n) is 10.0. The van der Waals surface area contributed by atoms with Crippen LogP contribution in [0.4, 0.5) is 0 Å². The van der Waals surface area contributed by atoms with E-state index in [9.17, 15) is 4.79 Å². The van der Waals surface area contributed by atoms with Crippen LogP contribution < -0.4 is 5.32 Å². The summed E-state index contributed by atoms with van der Waals surface area (Å²) in [7, 11) is 0. The van der Waals surface area contributed by atoms with Crippen LogP contribution in [0, 0.1) is 11.3 Å². The number of hydrogen-bond donors (Lipinski definition) is 2. The molecule has 0 atom stereocenters. The molecule has 2 aromatic heterocycles. The summed E-state index contributed by atoms with van der Waals surface area (Å²) in [6, 6.07) is 16.8. The van der Waals surface area contributed by atoms with Crippen molar-refractivity contribution >= 4 is 22.2 Å². The Kier molecular flexibility index (Phi) is 6.36. The highest BCUT2D eigenvalue weighted by Crippen LogP contribution is 2.29. The number of nitrogens with one attached hydrogen (secondary N) is 1. The van der Waals surface area contributed by atoms with E-state index < -0.39 is 0 Å². The number of aliphatic hydroxyl groups excluding tert-OH is 1. The average Bonchev–Trinajstić information content (AvgIpc) is 3.40. The first kappa shape index (κ1) is 20.7. The maximum Gasteiger partial charge on any atom is 0.251 e. The summed E-state index contributed by atoms with van der Waals surface area (Å²) in [6.45, 7) is 0.786. The number of unbranched alkanes of at least 4 members (excludes halogenated alkanes) is 2. The second kappa shape index (κ2) is 9.51. The maximum atomic E-state index is 12.3. The minimum absolute atomic E-state index is 0.104. The molecule has 0 aliphatic heterocycles. The molecule has 0 aliphatic carbocycles. The molecule has 4 rings (SSSR count). The van der Waals surface area contributed by atoms with Crippen LogP contribution in [0.25, 0.3) is 26.8 Å². The topological polar surface area (TPSA) is 103 Å². The van der Waals surface area contributed by atoms with Crippen LogP contribution in [-0.2, 0) is 0 Å². The standard InChI is InChI=1S/C23H21N5O2S/c24-14-16-4-6-17(7-5-16)20-15-26-23-28(20)27-22(31-23)19-10-8-18(9-11-19)21(30)25-12-2-1-3-13-29/h4-11,15,29H,1-3,12-13H2,(H,25,30). The van der Waals surface area contributed by atoms with Gasteiger partial charge in [-0.3, -0.25) is 4.79 Å². The zero-order chi connectivity index (χ0) is 21.6. The van der Waals surface area contributed by atoms with E-state index in [0.29, 0.717) is 17.7 Å². The second-order valence-corrected chi connectivity index (χ2v) is 8.01. The minimum atomic E-state index is -0.104. The van der Waals surface area contributed by atoms with Gasteiger partial charge in [0.15, 0.2) is 0 Å². The van der Waals surface area contributed by atoms with Gasteiger partial charge in [-0.15, -0.1) is 0 Å². The zero-order valence-electron chi connectivity index (χ0n) is 16.8. The Balaban J connectivity index is 1.48. The lowest BCUT2D eigenvalue weighted by molar-refractivity contribution is 0.0953. The van der Waals surface area contributed by atoms with E-state index in [1.54, 1.807) is 35.0 Å². The van der Waals surface area contributed by atoms with Crippen molar-refractivity contribution in [2.75, 3.05) is 13.2 Å². The summed E-state index contributed by atoms with van der Waals surface area (Å²) >= 11 is 1.48. The summed E-state index contributed by atoms with van der Waals surface area (Å²) in [4.78, 5) is 17.5. The van der Waals surface area contributed by atoms with Crippen LogP contribution in [0.5, 0.6) is 0 Å². The van der Waals surface area contributed by atoms with Gasteiger partial charge in [0.1, 0.15) is 5.01 Å². The van der Waals surface area contributed by atoms with E-state index in [4.69, 9.17) is 15.5 Å². The summed E-state index contributed by atoms with van der Waals surface area (Å²) in [5.41, 5.74) is 3.93. The summed E-state index contributed by atoms with van der Waals surface area (Å²) in [5.74, 6) is -0.104. The molecule has 2 N–H and O–H groups in total. The number of aliphatic hydroxyl groups is 1. The predicted molar refractivity (Wildman–Crippen MR) is 120 cm³/mol. The number of benzene rings is 2. The molecule has 2 heterocycles. The molecule has 0 radical (unpaired) electrons. The molecule has 2 aromatic carbocycles. The Hall–Kier alpha value is -3.54. The lowest BCUT2D eigenvalue weighted by atomic mass is 10.1. The second-order valence-electron chi connectivity index (χ2n) is 7.05. The highest BCUT2D eigenvalue weighted by molar-refractivity contribution is 7.19. The summed E-state index contributed by atoms with van der Waals surface area (Å²) in [5, 5.41) is 26.2. The van der Waals surface area contributed by atoms with Crippen LogP contribution in [-0.4, -0.2) is 38.8 Å². The highest BCUT2D eigenvalue weighted by atomic mass is 32.1. The lowest BCUT2D eigenvalue weighted by Crippen LogP contribution is -2.24. The van der Waals surface area contributed by atoms with Crippen molar-refractivity contribution in [3.63, 3.8) is 0 Å². The van der Waals surface area contributed by atoms with Crippen molar-refractivity contribution in [2.45, 2.75) is 19.3 Å².